The second-order valence-electron chi connectivity index (χ2n) is 12.3. The van der Waals surface area contributed by atoms with Gasteiger partial charge in [-0.3, -0.25) is 9.69 Å². The van der Waals surface area contributed by atoms with Crippen molar-refractivity contribution in [2.75, 3.05) is 32.6 Å². The van der Waals surface area contributed by atoms with E-state index in [0.717, 1.165) is 29.7 Å². The molecule has 8 nitrogen and oxygen atoms in total. The molecule has 0 unspecified atom stereocenters. The first-order valence-corrected chi connectivity index (χ1v) is 15.9. The summed E-state index contributed by atoms with van der Waals surface area (Å²) >= 11 is 0. The van der Waals surface area contributed by atoms with Crippen LogP contribution in [0, 0.1) is 35.0 Å². The second kappa shape index (κ2) is 14.7. The Hall–Kier alpha value is -4.56. The van der Waals surface area contributed by atoms with E-state index in [2.05, 4.69) is 10.2 Å². The molecule has 0 bridgehead atoms. The van der Waals surface area contributed by atoms with Crippen molar-refractivity contribution < 1.29 is 50.8 Å². The zero-order chi connectivity index (χ0) is 35.7. The number of ether oxygens (including phenoxy) is 4. The van der Waals surface area contributed by atoms with Crippen molar-refractivity contribution in [1.29, 1.82) is 0 Å². The number of fused-ring (bicyclic) bond motifs is 1. The molecule has 4 aromatic rings. The second-order valence-corrected chi connectivity index (χ2v) is 12.3. The minimum Gasteiger partial charge on any atom is -0.493 e. The number of hydrogen-bond acceptors (Lipinski definition) is 7. The Kier molecular flexibility index (Phi) is 10.4. The van der Waals surface area contributed by atoms with Crippen molar-refractivity contribution in [3.63, 3.8) is 0 Å². The van der Waals surface area contributed by atoms with E-state index < -0.39 is 53.0 Å². The van der Waals surface area contributed by atoms with Gasteiger partial charge in [0.15, 0.2) is 41.1 Å². The van der Waals surface area contributed by atoms with Crippen LogP contribution < -0.4 is 14.8 Å². The summed E-state index contributed by atoms with van der Waals surface area (Å²) in [6, 6.07) is 17.4. The summed E-state index contributed by atoms with van der Waals surface area (Å²) in [6.45, 7) is 3.85. The topological polar surface area (TPSA) is 89.5 Å². The standard InChI is InChI=1S/C37H35F5N2O6/c1-19-28(17-44-12-11-22-14-26(47-2)27(48-3)15-24(22)16-44)49-37(50-35(19)21-9-7-20(18-45)8-10-21)23-5-4-6-25(13-23)43-36(46)29-30(38)32(40)34(42)33(41)31(29)39/h4-10,13-15,19,28,35,37,45H,11-12,16-18H2,1-3H3,(H,43,46)/t19-,28+,35+,37+/m0/s1. The van der Waals surface area contributed by atoms with E-state index in [1.165, 1.54) is 23.8 Å². The van der Waals surface area contributed by atoms with Gasteiger partial charge < -0.3 is 29.4 Å². The lowest BCUT2D eigenvalue weighted by molar-refractivity contribution is -0.276. The van der Waals surface area contributed by atoms with Gasteiger partial charge in [-0.05, 0) is 52.9 Å². The SMILES string of the molecule is COc1cc2c(cc1OC)CN(C[C@H]1O[C@@H](c3cccc(NC(=O)c4c(F)c(F)c(F)c(F)c4F)c3)O[C@@H](c3ccc(CO)cc3)[C@H]1C)CC2. The molecule has 4 aromatic carbocycles. The molecule has 2 heterocycles. The highest BCUT2D eigenvalue weighted by Gasteiger charge is 2.40. The van der Waals surface area contributed by atoms with Crippen LogP contribution >= 0.6 is 0 Å². The number of nitrogens with one attached hydrogen (secondary N) is 1. The van der Waals surface area contributed by atoms with Crippen LogP contribution in [0.15, 0.2) is 60.7 Å². The Labute approximate surface area is 285 Å². The van der Waals surface area contributed by atoms with Crippen molar-refractivity contribution in [3.05, 3.63) is 123 Å². The summed E-state index contributed by atoms with van der Waals surface area (Å²) in [6.07, 6.45) is -0.997. The molecule has 1 amide bonds. The maximum absolute atomic E-state index is 14.4. The third kappa shape index (κ3) is 6.91. The number of nitrogens with zero attached hydrogens (tertiary/aromatic N) is 1. The van der Waals surface area contributed by atoms with Crippen LogP contribution in [0.2, 0.25) is 0 Å². The van der Waals surface area contributed by atoms with Crippen molar-refractivity contribution in [1.82, 2.24) is 4.90 Å². The van der Waals surface area contributed by atoms with E-state index in [1.807, 2.05) is 43.3 Å². The van der Waals surface area contributed by atoms with E-state index in [0.29, 0.717) is 30.2 Å². The number of halogens is 5. The van der Waals surface area contributed by atoms with Gasteiger partial charge in [0, 0.05) is 36.8 Å². The predicted octanol–water partition coefficient (Wildman–Crippen LogP) is 6.99. The molecule has 13 heteroatoms. The van der Waals surface area contributed by atoms with Gasteiger partial charge in [0.1, 0.15) is 5.56 Å². The number of rotatable bonds is 9. The first-order chi connectivity index (χ1) is 24.0. The number of amides is 1. The van der Waals surface area contributed by atoms with Crippen molar-refractivity contribution >= 4 is 11.6 Å². The van der Waals surface area contributed by atoms with Gasteiger partial charge in [-0.15, -0.1) is 0 Å². The van der Waals surface area contributed by atoms with Crippen LogP contribution in [0.25, 0.3) is 0 Å². The fourth-order valence-electron chi connectivity index (χ4n) is 6.44. The highest BCUT2D eigenvalue weighted by molar-refractivity contribution is 6.04. The molecule has 0 aromatic heterocycles. The third-order valence-corrected chi connectivity index (χ3v) is 9.21. The normalized spacial score (nSPS) is 20.7. The number of methoxy groups -OCH3 is 2. The van der Waals surface area contributed by atoms with Gasteiger partial charge in [-0.25, -0.2) is 22.0 Å². The Morgan fingerprint density at radius 3 is 2.14 bits per heavy atom. The smallest absolute Gasteiger partial charge is 0.261 e. The van der Waals surface area contributed by atoms with Gasteiger partial charge in [0.25, 0.3) is 5.91 Å². The molecule has 2 aliphatic heterocycles. The van der Waals surface area contributed by atoms with Crippen LogP contribution in [0.1, 0.15) is 57.5 Å². The van der Waals surface area contributed by atoms with Gasteiger partial charge >= 0.3 is 0 Å². The van der Waals surface area contributed by atoms with E-state index in [-0.39, 0.29) is 24.3 Å². The molecular weight excluding hydrogens is 663 g/mol. The number of hydrogen-bond donors (Lipinski definition) is 2. The lowest BCUT2D eigenvalue weighted by Gasteiger charge is -2.43. The quantitative estimate of drug-likeness (QED) is 0.111. The number of carbonyl (C=O) groups excluding carboxylic acids is 1. The lowest BCUT2D eigenvalue weighted by Crippen LogP contribution is -2.45. The minimum atomic E-state index is -2.36. The Bertz CT molecular complexity index is 1860. The molecule has 2 aliphatic rings. The number of aliphatic hydroxyl groups is 1. The summed E-state index contributed by atoms with van der Waals surface area (Å²) in [5, 5.41) is 11.8. The molecule has 264 valence electrons. The summed E-state index contributed by atoms with van der Waals surface area (Å²) in [5.74, 6) is -11.6. The fraction of sp³-hybridized carbons (Fsp3) is 0.324. The molecule has 1 fully saturated rings. The molecule has 6 rings (SSSR count). The van der Waals surface area contributed by atoms with Crippen LogP contribution in [-0.4, -0.2) is 49.3 Å². The summed E-state index contributed by atoms with van der Waals surface area (Å²) in [5.41, 5.74) is 2.72. The van der Waals surface area contributed by atoms with Crippen LogP contribution in [0.5, 0.6) is 11.5 Å². The summed E-state index contributed by atoms with van der Waals surface area (Å²) < 4.78 is 93.9. The van der Waals surface area contributed by atoms with E-state index >= 15 is 0 Å². The largest absolute Gasteiger partial charge is 0.493 e. The molecule has 0 aliphatic carbocycles. The minimum absolute atomic E-state index is 0.0136. The average molecular weight is 699 g/mol. The zero-order valence-corrected chi connectivity index (χ0v) is 27.4. The fourth-order valence-corrected chi connectivity index (χ4v) is 6.44. The number of carbonyl (C=O) groups is 1. The molecule has 2 N–H and O–H groups in total. The predicted molar refractivity (Wildman–Crippen MR) is 172 cm³/mol. The maximum atomic E-state index is 14.4. The van der Waals surface area contributed by atoms with Crippen molar-refractivity contribution in [2.45, 2.75) is 45.0 Å². The highest BCUT2D eigenvalue weighted by Crippen LogP contribution is 2.43. The van der Waals surface area contributed by atoms with E-state index in [9.17, 15) is 31.9 Å². The van der Waals surface area contributed by atoms with Crippen LogP contribution in [0.3, 0.4) is 0 Å². The van der Waals surface area contributed by atoms with Crippen LogP contribution in [-0.2, 0) is 29.0 Å². The average Bonchev–Trinajstić information content (AvgIpc) is 3.13. The van der Waals surface area contributed by atoms with Crippen LogP contribution in [0.4, 0.5) is 27.6 Å². The van der Waals surface area contributed by atoms with Gasteiger partial charge in [0.05, 0.1) is 33.0 Å². The number of aliphatic hydroxyl groups excluding tert-OH is 1. The summed E-state index contributed by atoms with van der Waals surface area (Å²) in [4.78, 5) is 15.1. The van der Waals surface area contributed by atoms with Gasteiger partial charge in [0.2, 0.25) is 5.82 Å². The van der Waals surface area contributed by atoms with Crippen molar-refractivity contribution in [3.8, 4) is 11.5 Å². The maximum Gasteiger partial charge on any atom is 0.261 e. The molecule has 50 heavy (non-hydrogen) atoms. The van der Waals surface area contributed by atoms with Crippen molar-refractivity contribution in [2.24, 2.45) is 5.92 Å². The van der Waals surface area contributed by atoms with E-state index in [1.54, 1.807) is 20.3 Å². The Balaban J connectivity index is 1.27. The molecule has 0 radical (unpaired) electrons. The Morgan fingerprint density at radius 2 is 1.50 bits per heavy atom. The van der Waals surface area contributed by atoms with E-state index in [4.69, 9.17) is 18.9 Å². The first kappa shape index (κ1) is 35.3. The molecule has 0 spiro atoms. The number of anilines is 1. The Morgan fingerprint density at radius 1 is 0.860 bits per heavy atom. The molecular formula is C37H35F5N2O6. The van der Waals surface area contributed by atoms with Gasteiger partial charge in [-0.1, -0.05) is 43.3 Å². The zero-order valence-electron chi connectivity index (χ0n) is 27.4. The summed E-state index contributed by atoms with van der Waals surface area (Å²) in [7, 11) is 3.19. The molecule has 4 atom stereocenters. The molecule has 1 saturated heterocycles. The lowest BCUT2D eigenvalue weighted by atomic mass is 9.89. The molecule has 0 saturated carbocycles. The third-order valence-electron chi connectivity index (χ3n) is 9.21. The van der Waals surface area contributed by atoms with Gasteiger partial charge in [-0.2, -0.15) is 0 Å². The monoisotopic (exact) mass is 698 g/mol. The number of benzene rings is 4. The highest BCUT2D eigenvalue weighted by atomic mass is 19.2. The first-order valence-electron chi connectivity index (χ1n) is 15.9.